The number of morpholine rings is 2. The first-order chi connectivity index (χ1) is 58.7. The van der Waals surface area contributed by atoms with Crippen molar-refractivity contribution in [1.82, 2.24) is 39.5 Å². The number of aromatic nitrogens is 4. The van der Waals surface area contributed by atoms with E-state index >= 15 is 0 Å². The molecular weight excluding hydrogens is 1680 g/mol. The van der Waals surface area contributed by atoms with Crippen LogP contribution in [0.25, 0.3) is 0 Å². The average molecular weight is 1930 g/mol. The summed E-state index contributed by atoms with van der Waals surface area (Å²) >= 11 is 0. The van der Waals surface area contributed by atoms with E-state index < -0.39 is 0 Å². The molecule has 15 heteroatoms. The van der Waals surface area contributed by atoms with Gasteiger partial charge in [-0.25, -0.2) is 15.0 Å². The maximum Gasteiger partial charge on any atom is 0.128 e. The summed E-state index contributed by atoms with van der Waals surface area (Å²) in [5.74, 6) is 5.08. The third kappa shape index (κ3) is 63.6. The lowest BCUT2D eigenvalue weighted by Gasteiger charge is -2.40. The second kappa shape index (κ2) is 69.8. The van der Waals surface area contributed by atoms with Gasteiger partial charge >= 0.3 is 0 Å². The van der Waals surface area contributed by atoms with Crippen LogP contribution in [-0.4, -0.2) is 207 Å². The van der Waals surface area contributed by atoms with Crippen molar-refractivity contribution < 1.29 is 18.9 Å². The molecule has 5 aromatic rings. The Labute approximate surface area is 858 Å². The average Bonchev–Trinajstić information content (AvgIpc) is 1.81. The number of anilines is 3. The fraction of sp³-hybridized carbons (Fsp3) is 0.787. The summed E-state index contributed by atoms with van der Waals surface area (Å²) in [6, 6.07) is 25.7. The Balaban J connectivity index is -0.000000222. The molecule has 1 aromatic carbocycles. The first-order valence-electron chi connectivity index (χ1n) is 50.1. The second-order valence-corrected chi connectivity index (χ2v) is 48.8. The third-order valence-electron chi connectivity index (χ3n) is 25.5. The Kier molecular flexibility index (Phi) is 75.0. The second-order valence-electron chi connectivity index (χ2n) is 48.8. The zero-order chi connectivity index (χ0) is 95.9. The molecule has 15 nitrogen and oxygen atoms in total. The molecule has 0 spiro atoms. The minimum atomic E-state index is 0. The highest BCUT2D eigenvalue weighted by Gasteiger charge is 2.30. The van der Waals surface area contributed by atoms with Crippen molar-refractivity contribution in [2.45, 2.75) is 475 Å². The fourth-order valence-corrected chi connectivity index (χ4v) is 15.9. The highest BCUT2D eigenvalue weighted by molar-refractivity contribution is 5.45. The molecule has 13 rings (SSSR count). The van der Waals surface area contributed by atoms with E-state index in [1.54, 1.807) is 0 Å². The molecule has 4 aromatic heterocycles. The number of benzene rings is 1. The van der Waals surface area contributed by atoms with Crippen molar-refractivity contribution in [3.63, 3.8) is 0 Å². The van der Waals surface area contributed by atoms with Gasteiger partial charge in [-0.15, -0.1) is 0 Å². The first-order valence-corrected chi connectivity index (χ1v) is 50.1. The molecule has 8 aliphatic rings. The predicted octanol–water partition coefficient (Wildman–Crippen LogP) is 33.3. The SMILES string of the molecule is C.C.C.C.C.C.C.C.C.C.CC(C)(C)C1CCOCC1.CC(C)(C)CCOC1CCCC1.CC(C)(C)N1CCCC1.CC(C)(C)N1CCCCC1.CC(C)(C)N1CCOCC1.CC(C)(C)c1ccnc(N2CCCC2)c1.CC(C)(C)c1ccnc(N2CCOCC2)c1.CC(C)(C)c1ccncc1.CC1CCN(C(C)(C)C)CC1.CN(C)c1cc(C(C)(C)C)ccn1.Cc1ccc(C(C)(C)C)cc1. The number of pyridine rings is 4. The van der Waals surface area contributed by atoms with E-state index in [2.05, 4.69) is 364 Å². The van der Waals surface area contributed by atoms with Gasteiger partial charge in [-0.2, -0.15) is 0 Å². The maximum atomic E-state index is 5.78. The Bertz CT molecular complexity index is 3560. The lowest BCUT2D eigenvalue weighted by molar-refractivity contribution is -0.00389. The number of ether oxygens (including phenoxy) is 4. The van der Waals surface area contributed by atoms with Gasteiger partial charge in [0.25, 0.3) is 0 Å². The quantitative estimate of drug-likeness (QED) is 0.161. The van der Waals surface area contributed by atoms with Gasteiger partial charge in [0.2, 0.25) is 0 Å². The molecule has 0 radical (unpaired) electrons. The zero-order valence-corrected chi connectivity index (χ0v) is 89.8. The van der Waals surface area contributed by atoms with E-state index in [4.69, 9.17) is 18.9 Å². The number of hydrogen-bond acceptors (Lipinski definition) is 15. The van der Waals surface area contributed by atoms with Crippen molar-refractivity contribution in [1.29, 1.82) is 0 Å². The predicted molar refractivity (Wildman–Crippen MR) is 621 cm³/mol. The van der Waals surface area contributed by atoms with E-state index in [0.717, 1.165) is 102 Å². The zero-order valence-electron chi connectivity index (χ0n) is 89.8. The molecule has 0 N–H and O–H groups in total. The number of hydrogen-bond donors (Lipinski definition) is 0. The van der Waals surface area contributed by atoms with Gasteiger partial charge in [0.15, 0.2) is 0 Å². The molecule has 808 valence electrons. The Hall–Kier alpha value is -5.10. The van der Waals surface area contributed by atoms with Crippen LogP contribution >= 0.6 is 0 Å². The van der Waals surface area contributed by atoms with Crippen LogP contribution in [-0.2, 0) is 46.0 Å². The minimum absolute atomic E-state index is 0. The van der Waals surface area contributed by atoms with Crippen molar-refractivity contribution in [2.24, 2.45) is 22.7 Å². The summed E-state index contributed by atoms with van der Waals surface area (Å²) < 4.78 is 21.7. The normalized spacial score (nSPS) is 17.1. The van der Waals surface area contributed by atoms with E-state index in [-0.39, 0.29) is 101 Å². The van der Waals surface area contributed by atoms with Crippen LogP contribution in [0.5, 0.6) is 0 Å². The number of aryl methyl sites for hydroxylation is 1. The standard InChI is InChI=1S/C13H20N2O.C13H20N2.C11H18N2.C11H22O.C11H16.C10H21N.C9H13N.C9H19N.C9H18O.C8H17NO.C8H17N.10CH4/c1-13(2,3)11-4-5-14-12(10-11)15-6-8-16-9-7-15;1-13(2,3)11-6-7-14-12(10-11)15-8-4-5-9-15;1-11(2,3)9-6-7-12-10(8-9)13(4)5;1-11(2,3)8-9-12-10-6-4-5-7-10;1-9-5-7-10(8-6-9)11(2,3)4;1-9-5-7-11(8-6-9)10(2,3)4;1-9(2,3)8-4-6-10-7-5-8;1-9(2,3)10-7-5-4-6-8-10;1-9(2,3)8-4-6-10-7-5-8;1-8(2,3)9-4-6-10-7-5-9;1-8(2,3)9-6-4-5-7-9;;;;;;;;;;/h4-5,10H,6-9H2,1-3H3;6-7,10H,4-5,8-9H2,1-3H3;6-8H,1-5H3;10H,4-9H2,1-3H3;5-8H,1-4H3;9H,5-8H2,1-4H3;4-7H,1-3H3;4-8H2,1-3H3;8H,4-7H2,1-3H3;4-7H2,1-3H3;4-7H2,1-3H3;10*1H4. The van der Waals surface area contributed by atoms with E-state index in [1.165, 1.54) is 188 Å². The minimum Gasteiger partial charge on any atom is -0.381 e. The largest absolute Gasteiger partial charge is 0.381 e. The lowest BCUT2D eigenvalue weighted by Crippen LogP contribution is -2.47. The van der Waals surface area contributed by atoms with Gasteiger partial charge in [-0.1, -0.05) is 276 Å². The molecule has 7 saturated heterocycles. The smallest absolute Gasteiger partial charge is 0.128 e. The van der Waals surface area contributed by atoms with Crippen LogP contribution in [0.4, 0.5) is 17.5 Å². The molecule has 0 unspecified atom stereocenters. The summed E-state index contributed by atoms with van der Waals surface area (Å²) in [5.41, 5.74) is 11.7. The Morgan fingerprint density at radius 2 is 0.628 bits per heavy atom. The molecule has 0 amide bonds. The van der Waals surface area contributed by atoms with E-state index in [1.807, 2.05) is 50.0 Å². The summed E-state index contributed by atoms with van der Waals surface area (Å²) in [4.78, 5) is 34.0. The number of likely N-dealkylation sites (tertiary alicyclic amines) is 3. The number of piperidine rings is 2. The van der Waals surface area contributed by atoms with Gasteiger partial charge in [0.05, 0.1) is 32.5 Å². The Morgan fingerprint density at radius 3 is 0.949 bits per heavy atom. The number of rotatable bonds is 6. The fourth-order valence-electron chi connectivity index (χ4n) is 15.9. The summed E-state index contributed by atoms with van der Waals surface area (Å²) in [5, 5.41) is 0. The summed E-state index contributed by atoms with van der Waals surface area (Å²) in [6.45, 7) is 99.6. The van der Waals surface area contributed by atoms with Crippen LogP contribution in [0.1, 0.15) is 446 Å². The van der Waals surface area contributed by atoms with Crippen molar-refractivity contribution in [3.05, 3.63) is 137 Å². The summed E-state index contributed by atoms with van der Waals surface area (Å²) in [6.07, 6.45) is 31.4. The molecule has 1 saturated carbocycles. The van der Waals surface area contributed by atoms with Crippen LogP contribution in [0.15, 0.2) is 104 Å². The van der Waals surface area contributed by atoms with E-state index in [9.17, 15) is 0 Å². The molecular formula is C122H241N11O4. The van der Waals surface area contributed by atoms with Gasteiger partial charge in [-0.05, 0) is 339 Å². The molecule has 7 aliphatic heterocycles. The van der Waals surface area contributed by atoms with Gasteiger partial charge in [0.1, 0.15) is 17.5 Å². The van der Waals surface area contributed by atoms with Crippen molar-refractivity contribution in [3.8, 4) is 0 Å². The van der Waals surface area contributed by atoms with Crippen molar-refractivity contribution >= 4 is 17.5 Å². The Morgan fingerprint density at radius 1 is 0.321 bits per heavy atom. The van der Waals surface area contributed by atoms with Crippen LogP contribution < -0.4 is 14.7 Å². The van der Waals surface area contributed by atoms with Crippen LogP contribution in [0.3, 0.4) is 0 Å². The maximum absolute atomic E-state index is 5.78. The molecule has 8 fully saturated rings. The highest BCUT2D eigenvalue weighted by atomic mass is 16.5. The summed E-state index contributed by atoms with van der Waals surface area (Å²) in [7, 11) is 4.02. The van der Waals surface area contributed by atoms with Gasteiger partial charge in [0, 0.05) is 126 Å². The molecule has 11 heterocycles. The van der Waals surface area contributed by atoms with E-state index in [0.29, 0.717) is 39.1 Å². The molecule has 0 atom stereocenters. The van der Waals surface area contributed by atoms with Crippen LogP contribution in [0, 0.1) is 29.6 Å². The van der Waals surface area contributed by atoms with Gasteiger partial charge in [-0.3, -0.25) is 24.6 Å². The topological polar surface area (TPSA) is 111 Å². The number of nitrogens with zero attached hydrogens (tertiary/aromatic N) is 11. The highest BCUT2D eigenvalue weighted by Crippen LogP contribution is 2.35. The first kappa shape index (κ1) is 147. The lowest BCUT2D eigenvalue weighted by atomic mass is 9.76. The monoisotopic (exact) mass is 1920 g/mol. The molecule has 137 heavy (non-hydrogen) atoms. The molecule has 0 bridgehead atoms. The van der Waals surface area contributed by atoms with Crippen LogP contribution in [0.2, 0.25) is 0 Å². The third-order valence-corrected chi connectivity index (χ3v) is 25.5. The van der Waals surface area contributed by atoms with Crippen molar-refractivity contribution in [2.75, 3.05) is 154 Å². The molecule has 1 aliphatic carbocycles. The van der Waals surface area contributed by atoms with Gasteiger partial charge < -0.3 is 33.6 Å².